The topological polar surface area (TPSA) is 96.7 Å². The largest absolute Gasteiger partial charge is 0.462 e. The summed E-state index contributed by atoms with van der Waals surface area (Å²) in [6, 6.07) is 6.28. The normalized spacial score (nSPS) is 15.7. The summed E-state index contributed by atoms with van der Waals surface area (Å²) in [6.07, 6.45) is 0.738. The zero-order chi connectivity index (χ0) is 17.6. The summed E-state index contributed by atoms with van der Waals surface area (Å²) in [7, 11) is -3.72. The second-order valence-corrected chi connectivity index (χ2v) is 7.82. The molecular formula is C15H17BrN2O5S. The van der Waals surface area contributed by atoms with Gasteiger partial charge in [-0.3, -0.25) is 0 Å². The number of morpholine rings is 1. The van der Waals surface area contributed by atoms with Crippen LogP contribution in [0.1, 0.15) is 23.2 Å². The maximum atomic E-state index is 12.7. The van der Waals surface area contributed by atoms with Crippen LogP contribution in [0.15, 0.2) is 27.6 Å². The van der Waals surface area contributed by atoms with Gasteiger partial charge < -0.3 is 9.47 Å². The summed E-state index contributed by atoms with van der Waals surface area (Å²) in [5.74, 6) is -0.612. The molecule has 0 N–H and O–H groups in total. The second-order valence-electron chi connectivity index (χ2n) is 5.06. The number of nitrogens with zero attached hydrogens (tertiary/aromatic N) is 2. The molecule has 0 aromatic heterocycles. The molecule has 0 unspecified atom stereocenters. The predicted molar refractivity (Wildman–Crippen MR) is 88.8 cm³/mol. The Bertz CT molecular complexity index is 739. The van der Waals surface area contributed by atoms with Crippen molar-refractivity contribution in [2.24, 2.45) is 0 Å². The lowest BCUT2D eigenvalue weighted by Crippen LogP contribution is -2.40. The number of unbranched alkanes of at least 4 members (excludes halogenated alkanes) is 1. The number of sulfonamides is 1. The van der Waals surface area contributed by atoms with Crippen LogP contribution in [0.5, 0.6) is 0 Å². The van der Waals surface area contributed by atoms with E-state index in [2.05, 4.69) is 15.9 Å². The molecule has 2 rings (SSSR count). The van der Waals surface area contributed by atoms with Gasteiger partial charge in [0, 0.05) is 24.0 Å². The Morgan fingerprint density at radius 3 is 2.75 bits per heavy atom. The van der Waals surface area contributed by atoms with E-state index in [1.54, 1.807) is 0 Å². The second kappa shape index (κ2) is 8.58. The number of carbonyl (C=O) groups is 1. The number of halogens is 1. The monoisotopic (exact) mass is 416 g/mol. The van der Waals surface area contributed by atoms with Crippen LogP contribution in [-0.4, -0.2) is 51.6 Å². The molecule has 1 aliphatic heterocycles. The van der Waals surface area contributed by atoms with Gasteiger partial charge >= 0.3 is 5.97 Å². The first-order valence-corrected chi connectivity index (χ1v) is 9.61. The van der Waals surface area contributed by atoms with Gasteiger partial charge in [0.25, 0.3) is 0 Å². The smallest absolute Gasteiger partial charge is 0.338 e. The molecule has 1 saturated heterocycles. The number of hydrogen-bond donors (Lipinski definition) is 0. The summed E-state index contributed by atoms with van der Waals surface area (Å²) in [4.78, 5) is 12.0. The van der Waals surface area contributed by atoms with E-state index in [-0.39, 0.29) is 30.2 Å². The molecule has 130 valence electrons. The molecule has 0 bridgehead atoms. The highest BCUT2D eigenvalue weighted by atomic mass is 79.9. The van der Waals surface area contributed by atoms with Crippen molar-refractivity contribution in [1.29, 1.82) is 5.26 Å². The first-order valence-electron chi connectivity index (χ1n) is 7.38. The Hall–Kier alpha value is -1.47. The van der Waals surface area contributed by atoms with E-state index in [4.69, 9.17) is 14.7 Å². The van der Waals surface area contributed by atoms with Crippen molar-refractivity contribution in [2.75, 3.05) is 32.9 Å². The van der Waals surface area contributed by atoms with Crippen molar-refractivity contribution < 1.29 is 22.7 Å². The first kappa shape index (κ1) is 18.9. The molecule has 0 aliphatic carbocycles. The fourth-order valence-electron chi connectivity index (χ4n) is 2.15. The van der Waals surface area contributed by atoms with Crippen LogP contribution in [0, 0.1) is 11.3 Å². The summed E-state index contributed by atoms with van der Waals surface area (Å²) in [6.45, 7) is 1.36. The lowest BCUT2D eigenvalue weighted by Gasteiger charge is -2.26. The maximum absolute atomic E-state index is 12.7. The number of ether oxygens (including phenoxy) is 2. The third kappa shape index (κ3) is 4.54. The van der Waals surface area contributed by atoms with Gasteiger partial charge in [0.15, 0.2) is 0 Å². The first-order chi connectivity index (χ1) is 11.5. The highest BCUT2D eigenvalue weighted by Crippen LogP contribution is 2.27. The van der Waals surface area contributed by atoms with E-state index in [1.165, 1.54) is 22.5 Å². The van der Waals surface area contributed by atoms with Crippen molar-refractivity contribution in [1.82, 2.24) is 4.31 Å². The van der Waals surface area contributed by atoms with Crippen LogP contribution in [0.2, 0.25) is 0 Å². The zero-order valence-electron chi connectivity index (χ0n) is 12.9. The van der Waals surface area contributed by atoms with Gasteiger partial charge in [0.05, 0.1) is 36.3 Å². The van der Waals surface area contributed by atoms with Gasteiger partial charge in [-0.2, -0.15) is 9.57 Å². The Kier molecular flexibility index (Phi) is 6.74. The lowest BCUT2D eigenvalue weighted by atomic mass is 10.2. The van der Waals surface area contributed by atoms with Crippen molar-refractivity contribution in [3.63, 3.8) is 0 Å². The average molecular weight is 417 g/mol. The molecule has 9 heteroatoms. The van der Waals surface area contributed by atoms with Crippen LogP contribution in [0.25, 0.3) is 0 Å². The van der Waals surface area contributed by atoms with Gasteiger partial charge in [0.1, 0.15) is 0 Å². The highest BCUT2D eigenvalue weighted by molar-refractivity contribution is 9.10. The van der Waals surface area contributed by atoms with E-state index in [9.17, 15) is 13.2 Å². The number of esters is 1. The summed E-state index contributed by atoms with van der Waals surface area (Å²) in [5, 5.41) is 8.45. The van der Waals surface area contributed by atoms with Crippen LogP contribution >= 0.6 is 15.9 Å². The van der Waals surface area contributed by atoms with Crippen molar-refractivity contribution in [3.05, 3.63) is 28.2 Å². The Morgan fingerprint density at radius 1 is 1.38 bits per heavy atom. The molecule has 1 aromatic rings. The van der Waals surface area contributed by atoms with Crippen molar-refractivity contribution >= 4 is 31.9 Å². The molecular weight excluding hydrogens is 400 g/mol. The summed E-state index contributed by atoms with van der Waals surface area (Å²) >= 11 is 3.23. The number of carbonyl (C=O) groups excluding carboxylic acids is 1. The highest BCUT2D eigenvalue weighted by Gasteiger charge is 2.29. The molecule has 7 nitrogen and oxygen atoms in total. The third-order valence-corrected chi connectivity index (χ3v) is 6.31. The number of benzene rings is 1. The zero-order valence-corrected chi connectivity index (χ0v) is 15.3. The van der Waals surface area contributed by atoms with Crippen LogP contribution in [-0.2, 0) is 19.5 Å². The van der Waals surface area contributed by atoms with Crippen LogP contribution in [0.3, 0.4) is 0 Å². The molecule has 0 atom stereocenters. The third-order valence-electron chi connectivity index (χ3n) is 3.42. The molecule has 0 saturated carbocycles. The number of rotatable bonds is 6. The molecule has 0 spiro atoms. The minimum atomic E-state index is -3.72. The number of hydrogen-bond acceptors (Lipinski definition) is 6. The Morgan fingerprint density at radius 2 is 2.08 bits per heavy atom. The van der Waals surface area contributed by atoms with E-state index in [0.29, 0.717) is 30.5 Å². The SMILES string of the molecule is N#CCCCOC(=O)c1ccc(Br)c(S(=O)(=O)N2CCOCC2)c1. The molecule has 0 amide bonds. The molecule has 1 heterocycles. The minimum Gasteiger partial charge on any atom is -0.462 e. The Balaban J connectivity index is 2.19. The average Bonchev–Trinajstić information content (AvgIpc) is 2.59. The van der Waals surface area contributed by atoms with E-state index in [1.807, 2.05) is 6.07 Å². The minimum absolute atomic E-state index is 0.0240. The fourth-order valence-corrected chi connectivity index (χ4v) is 4.51. The quantitative estimate of drug-likeness (QED) is 0.519. The molecule has 1 fully saturated rings. The van der Waals surface area contributed by atoms with Gasteiger partial charge in [-0.05, 0) is 40.5 Å². The van der Waals surface area contributed by atoms with Gasteiger partial charge in [-0.15, -0.1) is 0 Å². The van der Waals surface area contributed by atoms with Crippen molar-refractivity contribution in [3.8, 4) is 6.07 Å². The fraction of sp³-hybridized carbons (Fsp3) is 0.467. The summed E-state index contributed by atoms with van der Waals surface area (Å²) in [5.41, 5.74) is 0.155. The van der Waals surface area contributed by atoms with E-state index < -0.39 is 16.0 Å². The maximum Gasteiger partial charge on any atom is 0.338 e. The van der Waals surface area contributed by atoms with E-state index >= 15 is 0 Å². The molecule has 0 radical (unpaired) electrons. The van der Waals surface area contributed by atoms with Gasteiger partial charge in [-0.25, -0.2) is 13.2 Å². The molecule has 1 aliphatic rings. The van der Waals surface area contributed by atoms with Crippen LogP contribution in [0.4, 0.5) is 0 Å². The molecule has 24 heavy (non-hydrogen) atoms. The lowest BCUT2D eigenvalue weighted by molar-refractivity contribution is 0.0501. The van der Waals surface area contributed by atoms with Gasteiger partial charge in [0.2, 0.25) is 10.0 Å². The summed E-state index contributed by atoms with van der Waals surface area (Å²) < 4.78 is 37.4. The number of nitriles is 1. The van der Waals surface area contributed by atoms with E-state index in [0.717, 1.165) is 0 Å². The van der Waals surface area contributed by atoms with Crippen LogP contribution < -0.4 is 0 Å². The predicted octanol–water partition coefficient (Wildman–Crippen LogP) is 1.93. The van der Waals surface area contributed by atoms with Crippen molar-refractivity contribution in [2.45, 2.75) is 17.7 Å². The Labute approximate surface area is 149 Å². The van der Waals surface area contributed by atoms with Gasteiger partial charge in [-0.1, -0.05) is 0 Å². The molecule has 1 aromatic carbocycles. The standard InChI is InChI=1S/C15H17BrN2O5S/c16-13-4-3-12(15(19)23-8-2-1-5-17)11-14(13)24(20,21)18-6-9-22-10-7-18/h3-4,11H,1-2,6-10H2.